The molecule has 0 aliphatic heterocycles. The van der Waals surface area contributed by atoms with Gasteiger partial charge in [0.2, 0.25) is 0 Å². The van der Waals surface area contributed by atoms with Crippen molar-refractivity contribution in [3.63, 3.8) is 0 Å². The SMILES string of the molecule is CCNC(=NCC(O)c1ccc(Cl)s1)NCCCS(=O)(=O)c1ccccc1. The molecule has 1 unspecified atom stereocenters. The predicted molar refractivity (Wildman–Crippen MR) is 111 cm³/mol. The van der Waals surface area contributed by atoms with Crippen LogP contribution in [0.1, 0.15) is 24.3 Å². The summed E-state index contributed by atoms with van der Waals surface area (Å²) in [4.78, 5) is 5.44. The Morgan fingerprint density at radius 2 is 1.96 bits per heavy atom. The van der Waals surface area contributed by atoms with Crippen molar-refractivity contribution < 1.29 is 13.5 Å². The van der Waals surface area contributed by atoms with Crippen molar-refractivity contribution in [2.24, 2.45) is 4.99 Å². The fourth-order valence-corrected chi connectivity index (χ4v) is 4.70. The summed E-state index contributed by atoms with van der Waals surface area (Å²) in [6.07, 6.45) is -0.276. The molecule has 1 atom stereocenters. The zero-order valence-electron chi connectivity index (χ0n) is 15.1. The maximum absolute atomic E-state index is 12.3. The lowest BCUT2D eigenvalue weighted by Gasteiger charge is -2.12. The van der Waals surface area contributed by atoms with E-state index in [1.807, 2.05) is 6.92 Å². The summed E-state index contributed by atoms with van der Waals surface area (Å²) in [6, 6.07) is 11.9. The summed E-state index contributed by atoms with van der Waals surface area (Å²) in [7, 11) is -3.28. The van der Waals surface area contributed by atoms with Crippen LogP contribution in [-0.4, -0.2) is 44.9 Å². The van der Waals surface area contributed by atoms with Crippen molar-refractivity contribution in [1.29, 1.82) is 0 Å². The molecule has 0 fully saturated rings. The summed E-state index contributed by atoms with van der Waals surface area (Å²) in [5.74, 6) is 0.594. The van der Waals surface area contributed by atoms with Crippen LogP contribution in [0.4, 0.5) is 0 Å². The molecule has 0 bridgehead atoms. The molecule has 0 aliphatic carbocycles. The van der Waals surface area contributed by atoms with Crippen LogP contribution in [0.2, 0.25) is 4.34 Å². The van der Waals surface area contributed by atoms with Gasteiger partial charge in [-0.15, -0.1) is 11.3 Å². The normalized spacial score (nSPS) is 13.4. The van der Waals surface area contributed by atoms with E-state index in [1.54, 1.807) is 42.5 Å². The molecule has 0 saturated heterocycles. The van der Waals surface area contributed by atoms with E-state index in [0.717, 1.165) is 4.88 Å². The van der Waals surface area contributed by atoms with Gasteiger partial charge >= 0.3 is 0 Å². The van der Waals surface area contributed by atoms with Crippen LogP contribution in [-0.2, 0) is 9.84 Å². The van der Waals surface area contributed by atoms with E-state index in [0.29, 0.717) is 34.7 Å². The molecule has 0 saturated carbocycles. The summed E-state index contributed by atoms with van der Waals surface area (Å²) in [5.41, 5.74) is 0. The number of sulfone groups is 1. The lowest BCUT2D eigenvalue weighted by Crippen LogP contribution is -2.38. The zero-order valence-corrected chi connectivity index (χ0v) is 17.4. The minimum atomic E-state index is -3.28. The first-order chi connectivity index (χ1) is 12.9. The summed E-state index contributed by atoms with van der Waals surface area (Å²) in [6.45, 7) is 3.24. The zero-order chi connectivity index (χ0) is 19.7. The number of aliphatic hydroxyl groups is 1. The third-order valence-electron chi connectivity index (χ3n) is 3.67. The van der Waals surface area contributed by atoms with Crippen LogP contribution in [0.5, 0.6) is 0 Å². The Morgan fingerprint density at radius 1 is 1.22 bits per heavy atom. The molecule has 6 nitrogen and oxygen atoms in total. The smallest absolute Gasteiger partial charge is 0.191 e. The highest BCUT2D eigenvalue weighted by Gasteiger charge is 2.13. The molecule has 1 aromatic heterocycles. The van der Waals surface area contributed by atoms with Gasteiger partial charge in [-0.25, -0.2) is 8.42 Å². The first kappa shape index (κ1) is 21.7. The van der Waals surface area contributed by atoms with Gasteiger partial charge in [-0.1, -0.05) is 29.8 Å². The average Bonchev–Trinajstić information content (AvgIpc) is 3.10. The van der Waals surface area contributed by atoms with Crippen molar-refractivity contribution in [1.82, 2.24) is 10.6 Å². The highest BCUT2D eigenvalue weighted by Crippen LogP contribution is 2.26. The summed E-state index contributed by atoms with van der Waals surface area (Å²) < 4.78 is 25.1. The van der Waals surface area contributed by atoms with Gasteiger partial charge in [0.1, 0.15) is 6.10 Å². The summed E-state index contributed by atoms with van der Waals surface area (Å²) >= 11 is 7.20. The Labute approximate surface area is 169 Å². The Hall–Kier alpha value is -1.61. The first-order valence-electron chi connectivity index (χ1n) is 8.65. The van der Waals surface area contributed by atoms with E-state index in [2.05, 4.69) is 15.6 Å². The highest BCUT2D eigenvalue weighted by molar-refractivity contribution is 7.91. The van der Waals surface area contributed by atoms with Gasteiger partial charge < -0.3 is 15.7 Å². The van der Waals surface area contributed by atoms with Gasteiger partial charge in [-0.3, -0.25) is 4.99 Å². The number of benzene rings is 1. The maximum atomic E-state index is 12.3. The van der Waals surface area contributed by atoms with Gasteiger partial charge in [-0.2, -0.15) is 0 Å². The van der Waals surface area contributed by atoms with Crippen LogP contribution in [0.3, 0.4) is 0 Å². The van der Waals surface area contributed by atoms with Crippen molar-refractivity contribution in [2.75, 3.05) is 25.4 Å². The van der Waals surface area contributed by atoms with Crippen molar-refractivity contribution in [2.45, 2.75) is 24.3 Å². The topological polar surface area (TPSA) is 90.8 Å². The van der Waals surface area contributed by atoms with Crippen LogP contribution in [0, 0.1) is 0 Å². The monoisotopic (exact) mass is 429 g/mol. The molecule has 148 valence electrons. The fourth-order valence-electron chi connectivity index (χ4n) is 2.33. The van der Waals surface area contributed by atoms with Gasteiger partial charge in [0, 0.05) is 18.0 Å². The Kier molecular flexibility index (Phi) is 8.56. The van der Waals surface area contributed by atoms with Gasteiger partial charge in [0.05, 0.1) is 21.5 Å². The quantitative estimate of drug-likeness (QED) is 0.324. The Balaban J connectivity index is 1.83. The van der Waals surface area contributed by atoms with Gasteiger partial charge in [-0.05, 0) is 37.6 Å². The lowest BCUT2D eigenvalue weighted by molar-refractivity contribution is 0.191. The summed E-state index contributed by atoms with van der Waals surface area (Å²) in [5, 5.41) is 16.3. The molecule has 2 aromatic rings. The van der Waals surface area contributed by atoms with E-state index in [4.69, 9.17) is 11.6 Å². The molecule has 2 rings (SSSR count). The molecular weight excluding hydrogens is 406 g/mol. The van der Waals surface area contributed by atoms with E-state index in [9.17, 15) is 13.5 Å². The fraction of sp³-hybridized carbons (Fsp3) is 0.389. The lowest BCUT2D eigenvalue weighted by atomic mass is 10.3. The second kappa shape index (κ2) is 10.7. The van der Waals surface area contributed by atoms with Crippen molar-refractivity contribution in [3.05, 3.63) is 51.7 Å². The first-order valence-corrected chi connectivity index (χ1v) is 11.5. The minimum absolute atomic E-state index is 0.0553. The number of aliphatic hydroxyl groups excluding tert-OH is 1. The van der Waals surface area contributed by atoms with E-state index in [-0.39, 0.29) is 12.3 Å². The average molecular weight is 430 g/mol. The van der Waals surface area contributed by atoms with E-state index < -0.39 is 15.9 Å². The molecule has 0 radical (unpaired) electrons. The number of thiophene rings is 1. The highest BCUT2D eigenvalue weighted by atomic mass is 35.5. The molecule has 0 spiro atoms. The van der Waals surface area contributed by atoms with Gasteiger partial charge in [0.25, 0.3) is 0 Å². The molecule has 27 heavy (non-hydrogen) atoms. The van der Waals surface area contributed by atoms with Crippen molar-refractivity contribution >= 4 is 38.7 Å². The second-order valence-corrected chi connectivity index (χ2v) is 9.65. The number of halogens is 1. The largest absolute Gasteiger partial charge is 0.386 e. The number of guanidine groups is 1. The molecule has 0 amide bonds. The number of hydrogen-bond acceptors (Lipinski definition) is 5. The molecule has 0 aliphatic rings. The van der Waals surface area contributed by atoms with Gasteiger partial charge in [0.15, 0.2) is 15.8 Å². The number of nitrogens with zero attached hydrogens (tertiary/aromatic N) is 1. The predicted octanol–water partition coefficient (Wildman–Crippen LogP) is 2.85. The molecule has 3 N–H and O–H groups in total. The number of aliphatic imine (C=N–C) groups is 1. The number of nitrogens with one attached hydrogen (secondary N) is 2. The Morgan fingerprint density at radius 3 is 2.59 bits per heavy atom. The second-order valence-electron chi connectivity index (χ2n) is 5.79. The van der Waals surface area contributed by atoms with Crippen LogP contribution < -0.4 is 10.6 Å². The van der Waals surface area contributed by atoms with E-state index >= 15 is 0 Å². The molecular formula is C18H24ClN3O3S2. The number of hydrogen-bond donors (Lipinski definition) is 3. The standard InChI is InChI=1S/C18H24ClN3O3S2/c1-2-20-18(22-13-15(23)16-9-10-17(19)26-16)21-11-6-12-27(24,25)14-7-4-3-5-8-14/h3-5,7-10,15,23H,2,6,11-13H2,1H3,(H2,20,21,22). The van der Waals surface area contributed by atoms with Crippen LogP contribution in [0.15, 0.2) is 52.4 Å². The van der Waals surface area contributed by atoms with E-state index in [1.165, 1.54) is 11.3 Å². The minimum Gasteiger partial charge on any atom is -0.386 e. The molecule has 1 aromatic carbocycles. The van der Waals surface area contributed by atoms with Crippen molar-refractivity contribution in [3.8, 4) is 0 Å². The Bertz CT molecular complexity index is 839. The molecule has 1 heterocycles. The third kappa shape index (κ3) is 7.14. The third-order valence-corrected chi connectivity index (χ3v) is 6.82. The molecule has 9 heteroatoms. The maximum Gasteiger partial charge on any atom is 0.191 e. The van der Waals surface area contributed by atoms with Crippen LogP contribution in [0.25, 0.3) is 0 Å². The number of rotatable bonds is 9. The van der Waals surface area contributed by atoms with Crippen LogP contribution >= 0.6 is 22.9 Å².